The van der Waals surface area contributed by atoms with E-state index in [0.29, 0.717) is 19.6 Å². The van der Waals surface area contributed by atoms with Crippen LogP contribution in [-0.4, -0.2) is 42.3 Å². The van der Waals surface area contributed by atoms with Gasteiger partial charge in [-0.25, -0.2) is 0 Å². The lowest BCUT2D eigenvalue weighted by Gasteiger charge is -2.49. The van der Waals surface area contributed by atoms with Crippen molar-refractivity contribution in [2.45, 2.75) is 6.04 Å². The molecule has 0 amide bonds. The lowest BCUT2D eigenvalue weighted by atomic mass is 9.96. The topological polar surface area (TPSA) is 26.3 Å². The van der Waals surface area contributed by atoms with Gasteiger partial charge in [-0.05, 0) is 22.8 Å². The second-order valence-electron chi connectivity index (χ2n) is 7.76. The number of piperazine rings is 1. The predicted molar refractivity (Wildman–Crippen MR) is 135 cm³/mol. The monoisotopic (exact) mass is 456 g/mol. The molecular weight excluding hydrogens is 427 g/mol. The van der Waals surface area contributed by atoms with Crippen molar-refractivity contribution in [2.75, 3.05) is 32.7 Å². The molecule has 1 aliphatic heterocycles. The zero-order valence-electron chi connectivity index (χ0n) is 17.5. The summed E-state index contributed by atoms with van der Waals surface area (Å²) >= 11 is 0. The summed E-state index contributed by atoms with van der Waals surface area (Å²) in [5, 5.41) is 13.2. The molecule has 1 aliphatic rings. The summed E-state index contributed by atoms with van der Waals surface area (Å²) < 4.78 is -0.143. The van der Waals surface area contributed by atoms with Crippen LogP contribution in [0.4, 0.5) is 0 Å². The summed E-state index contributed by atoms with van der Waals surface area (Å²) in [6.07, 6.45) is 4.09. The van der Waals surface area contributed by atoms with Crippen LogP contribution in [0.2, 0.25) is 0 Å². The van der Waals surface area contributed by atoms with Crippen molar-refractivity contribution in [1.29, 1.82) is 0 Å². The first-order valence-electron chi connectivity index (χ1n) is 10.4. The highest BCUT2D eigenvalue weighted by Gasteiger charge is 2.30. The Kier molecular flexibility index (Phi) is 9.76. The molecule has 0 bridgehead atoms. The largest absolute Gasteiger partial charge is 0.632 e. The molecule has 0 N–H and O–H groups in total. The summed E-state index contributed by atoms with van der Waals surface area (Å²) in [5.41, 5.74) is 3.72. The van der Waals surface area contributed by atoms with Crippen molar-refractivity contribution in [1.82, 2.24) is 4.90 Å². The van der Waals surface area contributed by atoms with E-state index in [1.54, 1.807) is 0 Å². The van der Waals surface area contributed by atoms with Gasteiger partial charge in [0.05, 0.1) is 25.7 Å². The Morgan fingerprint density at radius 3 is 1.68 bits per heavy atom. The van der Waals surface area contributed by atoms with E-state index in [0.717, 1.165) is 18.7 Å². The van der Waals surface area contributed by atoms with Gasteiger partial charge in [0.15, 0.2) is 0 Å². The number of hydroxylamine groups is 3. The van der Waals surface area contributed by atoms with Crippen LogP contribution in [0, 0.1) is 5.21 Å². The van der Waals surface area contributed by atoms with Gasteiger partial charge in [-0.15, -0.1) is 24.8 Å². The molecular formula is C26H30Cl2N2O. The SMILES string of the molecule is Cl.Cl.[O-][N+]1(C/C=C/c2ccccc2)CCN(C(c2ccccc2)c2ccccc2)CC1. The Bertz CT molecular complexity index is 872. The first-order valence-corrected chi connectivity index (χ1v) is 10.4. The zero-order chi connectivity index (χ0) is 19.9. The molecule has 0 spiro atoms. The Morgan fingerprint density at radius 2 is 1.19 bits per heavy atom. The molecule has 3 aromatic carbocycles. The van der Waals surface area contributed by atoms with Gasteiger partial charge in [-0.1, -0.05) is 97.1 Å². The van der Waals surface area contributed by atoms with Crippen molar-refractivity contribution in [3.8, 4) is 0 Å². The average Bonchev–Trinajstić information content (AvgIpc) is 2.78. The van der Waals surface area contributed by atoms with Gasteiger partial charge in [-0.2, -0.15) is 0 Å². The molecule has 5 heteroatoms. The van der Waals surface area contributed by atoms with Gasteiger partial charge in [0.25, 0.3) is 0 Å². The van der Waals surface area contributed by atoms with Gasteiger partial charge >= 0.3 is 0 Å². The highest BCUT2D eigenvalue weighted by atomic mass is 35.5. The van der Waals surface area contributed by atoms with E-state index < -0.39 is 0 Å². The fourth-order valence-corrected chi connectivity index (χ4v) is 4.12. The lowest BCUT2D eigenvalue weighted by Crippen LogP contribution is -2.56. The van der Waals surface area contributed by atoms with Crippen LogP contribution < -0.4 is 0 Å². The standard InChI is InChI=1S/C26H28N2O.2ClH/c29-28(20-10-13-23-11-4-1-5-12-23)21-18-27(19-22-28)26(24-14-6-2-7-15-24)25-16-8-3-9-17-25;;/h1-17,26H,18-22H2;2*1H/b13-10+;;. The average molecular weight is 457 g/mol. The highest BCUT2D eigenvalue weighted by Crippen LogP contribution is 2.30. The number of rotatable bonds is 6. The quantitative estimate of drug-likeness (QED) is 0.337. The van der Waals surface area contributed by atoms with E-state index in [1.807, 2.05) is 24.3 Å². The maximum absolute atomic E-state index is 13.2. The Morgan fingerprint density at radius 1 is 0.742 bits per heavy atom. The highest BCUT2D eigenvalue weighted by molar-refractivity contribution is 5.85. The summed E-state index contributed by atoms with van der Waals surface area (Å²) in [6, 6.07) is 31.6. The minimum absolute atomic E-state index is 0. The third kappa shape index (κ3) is 6.67. The summed E-state index contributed by atoms with van der Waals surface area (Å²) in [4.78, 5) is 2.46. The van der Waals surface area contributed by atoms with Gasteiger partial charge in [0.2, 0.25) is 0 Å². The number of hydrogen-bond donors (Lipinski definition) is 0. The molecule has 1 saturated heterocycles. The van der Waals surface area contributed by atoms with Crippen LogP contribution in [0.5, 0.6) is 0 Å². The summed E-state index contributed by atoms with van der Waals surface area (Å²) in [7, 11) is 0. The second-order valence-corrected chi connectivity index (χ2v) is 7.76. The Labute approximate surface area is 198 Å². The van der Waals surface area contributed by atoms with Crippen LogP contribution in [0.25, 0.3) is 6.08 Å². The normalized spacial score (nSPS) is 15.9. The maximum atomic E-state index is 13.2. The van der Waals surface area contributed by atoms with Crippen molar-refractivity contribution in [3.05, 3.63) is 119 Å². The molecule has 0 aliphatic carbocycles. The molecule has 164 valence electrons. The molecule has 0 saturated carbocycles. The lowest BCUT2D eigenvalue weighted by molar-refractivity contribution is -0.879. The first-order chi connectivity index (χ1) is 14.2. The zero-order valence-corrected chi connectivity index (χ0v) is 19.2. The minimum atomic E-state index is -0.143. The third-order valence-corrected chi connectivity index (χ3v) is 5.73. The summed E-state index contributed by atoms with van der Waals surface area (Å²) in [6.45, 7) is 3.38. The molecule has 0 aromatic heterocycles. The van der Waals surface area contributed by atoms with E-state index in [4.69, 9.17) is 0 Å². The molecule has 1 heterocycles. The van der Waals surface area contributed by atoms with E-state index in [2.05, 4.69) is 83.8 Å². The van der Waals surface area contributed by atoms with E-state index in [-0.39, 0.29) is 35.5 Å². The van der Waals surface area contributed by atoms with Crippen molar-refractivity contribution >= 4 is 30.9 Å². The first kappa shape index (κ1) is 25.1. The number of quaternary nitrogens is 1. The molecule has 0 radical (unpaired) electrons. The fourth-order valence-electron chi connectivity index (χ4n) is 4.12. The Balaban J connectivity index is 0.00000171. The molecule has 1 fully saturated rings. The van der Waals surface area contributed by atoms with E-state index in [9.17, 15) is 5.21 Å². The summed E-state index contributed by atoms with van der Waals surface area (Å²) in [5.74, 6) is 0. The van der Waals surface area contributed by atoms with E-state index >= 15 is 0 Å². The number of benzene rings is 3. The smallest absolute Gasteiger partial charge is 0.0975 e. The van der Waals surface area contributed by atoms with Crippen LogP contribution >= 0.6 is 24.8 Å². The Hall–Kier alpha value is -2.14. The second kappa shape index (κ2) is 12.0. The van der Waals surface area contributed by atoms with Crippen LogP contribution in [0.15, 0.2) is 97.1 Å². The predicted octanol–water partition coefficient (Wildman–Crippen LogP) is 5.96. The van der Waals surface area contributed by atoms with Crippen LogP contribution in [0.1, 0.15) is 22.7 Å². The van der Waals surface area contributed by atoms with Gasteiger partial charge < -0.3 is 9.85 Å². The number of halogens is 2. The fraction of sp³-hybridized carbons (Fsp3) is 0.231. The molecule has 31 heavy (non-hydrogen) atoms. The number of nitrogens with zero attached hydrogens (tertiary/aromatic N) is 2. The minimum Gasteiger partial charge on any atom is -0.632 e. The van der Waals surface area contributed by atoms with Crippen LogP contribution in [-0.2, 0) is 0 Å². The molecule has 3 nitrogen and oxygen atoms in total. The molecule has 3 aromatic rings. The third-order valence-electron chi connectivity index (χ3n) is 5.73. The van der Waals surface area contributed by atoms with Gasteiger partial charge in [0.1, 0.15) is 0 Å². The molecule has 0 atom stereocenters. The van der Waals surface area contributed by atoms with Crippen molar-refractivity contribution in [3.63, 3.8) is 0 Å². The van der Waals surface area contributed by atoms with Crippen LogP contribution in [0.3, 0.4) is 0 Å². The number of hydrogen-bond acceptors (Lipinski definition) is 2. The van der Waals surface area contributed by atoms with Gasteiger partial charge in [-0.3, -0.25) is 4.90 Å². The van der Waals surface area contributed by atoms with Gasteiger partial charge in [0, 0.05) is 13.1 Å². The van der Waals surface area contributed by atoms with E-state index in [1.165, 1.54) is 11.1 Å². The van der Waals surface area contributed by atoms with Crippen molar-refractivity contribution in [2.24, 2.45) is 0 Å². The maximum Gasteiger partial charge on any atom is 0.0975 e. The van der Waals surface area contributed by atoms with Crippen molar-refractivity contribution < 1.29 is 4.65 Å². The molecule has 4 rings (SSSR count). The molecule has 0 unspecified atom stereocenters.